The monoisotopic (exact) mass is 304 g/mol. The lowest BCUT2D eigenvalue weighted by Crippen LogP contribution is -2.17. The molecule has 0 bridgehead atoms. The predicted octanol–water partition coefficient (Wildman–Crippen LogP) is 3.33. The van der Waals surface area contributed by atoms with Crippen molar-refractivity contribution in [2.75, 3.05) is 12.4 Å². The fourth-order valence-corrected chi connectivity index (χ4v) is 2.23. The van der Waals surface area contributed by atoms with E-state index in [0.717, 1.165) is 16.8 Å². The number of phenolic OH excluding ortho intramolecular Hbond substituents is 1. The van der Waals surface area contributed by atoms with Crippen molar-refractivity contribution in [2.45, 2.75) is 13.5 Å². The number of phenols is 1. The maximum Gasteiger partial charge on any atom is 0.251 e. The van der Waals surface area contributed by atoms with Crippen molar-refractivity contribution < 1.29 is 9.90 Å². The summed E-state index contributed by atoms with van der Waals surface area (Å²) in [6, 6.07) is 10.7. The lowest BCUT2D eigenvalue weighted by molar-refractivity contribution is 0.0963. The fourth-order valence-electron chi connectivity index (χ4n) is 2.04. The van der Waals surface area contributed by atoms with Crippen LogP contribution in [-0.2, 0) is 6.54 Å². The fraction of sp³-hybridized carbons (Fsp3) is 0.188. The van der Waals surface area contributed by atoms with Gasteiger partial charge in [-0.15, -0.1) is 0 Å². The molecule has 1 amide bonds. The number of halogens is 1. The van der Waals surface area contributed by atoms with Gasteiger partial charge in [-0.05, 0) is 36.8 Å². The molecule has 0 unspecified atom stereocenters. The second-order valence-corrected chi connectivity index (χ2v) is 5.12. The van der Waals surface area contributed by atoms with E-state index in [2.05, 4.69) is 10.6 Å². The molecule has 21 heavy (non-hydrogen) atoms. The Kier molecular flexibility index (Phi) is 4.70. The van der Waals surface area contributed by atoms with Crippen LogP contribution in [0.25, 0.3) is 0 Å². The molecule has 0 aliphatic carbocycles. The van der Waals surface area contributed by atoms with Crippen LogP contribution < -0.4 is 10.6 Å². The summed E-state index contributed by atoms with van der Waals surface area (Å²) >= 11 is 5.88. The quantitative estimate of drug-likeness (QED) is 0.812. The van der Waals surface area contributed by atoms with Gasteiger partial charge in [-0.1, -0.05) is 23.7 Å². The Balaban J connectivity index is 2.13. The van der Waals surface area contributed by atoms with Gasteiger partial charge in [-0.3, -0.25) is 4.79 Å². The summed E-state index contributed by atoms with van der Waals surface area (Å²) in [5.41, 5.74) is 3.20. The van der Waals surface area contributed by atoms with Crippen molar-refractivity contribution in [1.82, 2.24) is 5.32 Å². The van der Waals surface area contributed by atoms with Gasteiger partial charge < -0.3 is 15.7 Å². The lowest BCUT2D eigenvalue weighted by atomic mass is 10.1. The first-order valence-corrected chi connectivity index (χ1v) is 6.93. The highest BCUT2D eigenvalue weighted by molar-refractivity contribution is 6.32. The zero-order valence-electron chi connectivity index (χ0n) is 11.9. The average molecular weight is 305 g/mol. The largest absolute Gasteiger partial charge is 0.506 e. The average Bonchev–Trinajstić information content (AvgIpc) is 2.49. The molecule has 2 aromatic carbocycles. The van der Waals surface area contributed by atoms with Gasteiger partial charge in [0.1, 0.15) is 5.75 Å². The molecule has 2 rings (SSSR count). The number of benzene rings is 2. The molecule has 0 aliphatic heterocycles. The zero-order valence-corrected chi connectivity index (χ0v) is 12.7. The number of aryl methyl sites for hydroxylation is 1. The molecule has 5 heteroatoms. The molecule has 0 saturated heterocycles. The first-order chi connectivity index (χ1) is 10.0. The number of amides is 1. The van der Waals surface area contributed by atoms with Crippen LogP contribution in [0.5, 0.6) is 5.75 Å². The van der Waals surface area contributed by atoms with Crippen molar-refractivity contribution >= 4 is 23.2 Å². The topological polar surface area (TPSA) is 61.4 Å². The van der Waals surface area contributed by atoms with E-state index in [1.165, 1.54) is 0 Å². The van der Waals surface area contributed by atoms with Crippen LogP contribution in [0.1, 0.15) is 21.5 Å². The van der Waals surface area contributed by atoms with Crippen LogP contribution in [0.15, 0.2) is 36.4 Å². The zero-order chi connectivity index (χ0) is 15.4. The summed E-state index contributed by atoms with van der Waals surface area (Å²) in [5.74, 6) is -0.0246. The van der Waals surface area contributed by atoms with E-state index in [4.69, 9.17) is 11.6 Å². The lowest BCUT2D eigenvalue weighted by Gasteiger charge is -2.12. The van der Waals surface area contributed by atoms with E-state index >= 15 is 0 Å². The number of hydrogen-bond acceptors (Lipinski definition) is 3. The van der Waals surface area contributed by atoms with Gasteiger partial charge >= 0.3 is 0 Å². The third kappa shape index (κ3) is 3.47. The molecule has 0 aliphatic rings. The highest BCUT2D eigenvalue weighted by Gasteiger charge is 2.08. The van der Waals surface area contributed by atoms with Crippen molar-refractivity contribution in [1.29, 1.82) is 0 Å². The second-order valence-electron chi connectivity index (χ2n) is 4.71. The third-order valence-corrected chi connectivity index (χ3v) is 3.56. The Hall–Kier alpha value is -2.20. The maximum absolute atomic E-state index is 11.6. The summed E-state index contributed by atoms with van der Waals surface area (Å²) in [6.45, 7) is 2.37. The van der Waals surface area contributed by atoms with Crippen LogP contribution in [0.2, 0.25) is 5.02 Å². The molecule has 110 valence electrons. The molecule has 0 aromatic heterocycles. The summed E-state index contributed by atoms with van der Waals surface area (Å²) in [4.78, 5) is 11.6. The van der Waals surface area contributed by atoms with Crippen LogP contribution in [0.3, 0.4) is 0 Å². The van der Waals surface area contributed by atoms with Crippen LogP contribution in [0.4, 0.5) is 5.69 Å². The minimum Gasteiger partial charge on any atom is -0.506 e. The van der Waals surface area contributed by atoms with Crippen LogP contribution in [-0.4, -0.2) is 18.1 Å². The van der Waals surface area contributed by atoms with Gasteiger partial charge in [-0.2, -0.15) is 0 Å². The van der Waals surface area contributed by atoms with Gasteiger partial charge in [0.05, 0.1) is 5.02 Å². The first kappa shape index (κ1) is 15.2. The van der Waals surface area contributed by atoms with E-state index in [1.807, 2.05) is 25.1 Å². The number of para-hydroxylation sites is 1. The summed E-state index contributed by atoms with van der Waals surface area (Å²) in [5, 5.41) is 16.0. The Morgan fingerprint density at radius 3 is 2.71 bits per heavy atom. The van der Waals surface area contributed by atoms with Gasteiger partial charge in [0.15, 0.2) is 0 Å². The minimum atomic E-state index is -0.114. The van der Waals surface area contributed by atoms with E-state index in [1.54, 1.807) is 25.2 Å². The summed E-state index contributed by atoms with van der Waals surface area (Å²) in [6.07, 6.45) is 0. The Labute approximate surface area is 128 Å². The minimum absolute atomic E-state index is 0.0892. The normalized spacial score (nSPS) is 10.2. The number of anilines is 1. The number of carbonyl (C=O) groups is 1. The molecule has 0 spiro atoms. The number of nitrogens with one attached hydrogen (secondary N) is 2. The number of aromatic hydroxyl groups is 1. The van der Waals surface area contributed by atoms with Gasteiger partial charge in [0, 0.05) is 30.4 Å². The van der Waals surface area contributed by atoms with E-state index < -0.39 is 0 Å². The molecule has 0 heterocycles. The molecular formula is C16H17ClN2O2. The first-order valence-electron chi connectivity index (χ1n) is 6.56. The van der Waals surface area contributed by atoms with Crippen molar-refractivity contribution in [3.63, 3.8) is 0 Å². The van der Waals surface area contributed by atoms with Crippen LogP contribution in [0, 0.1) is 6.92 Å². The van der Waals surface area contributed by atoms with Crippen molar-refractivity contribution in [3.8, 4) is 5.75 Å². The van der Waals surface area contributed by atoms with Gasteiger partial charge in [0.2, 0.25) is 0 Å². The third-order valence-electron chi connectivity index (χ3n) is 3.26. The molecule has 2 aromatic rings. The molecule has 4 nitrogen and oxygen atoms in total. The van der Waals surface area contributed by atoms with Crippen molar-refractivity contribution in [2.24, 2.45) is 0 Å². The Morgan fingerprint density at radius 1 is 1.29 bits per heavy atom. The smallest absolute Gasteiger partial charge is 0.251 e. The molecule has 3 N–H and O–H groups in total. The number of carbonyl (C=O) groups excluding carboxylic acids is 1. The Bertz CT molecular complexity index is 671. The SMILES string of the molecule is CNC(=O)c1ccc(NCc2cccc(Cl)c2O)c(C)c1. The van der Waals surface area contributed by atoms with Gasteiger partial charge in [-0.25, -0.2) is 0 Å². The highest BCUT2D eigenvalue weighted by Crippen LogP contribution is 2.28. The van der Waals surface area contributed by atoms with E-state index in [9.17, 15) is 9.90 Å². The molecule has 0 radical (unpaired) electrons. The number of hydrogen-bond donors (Lipinski definition) is 3. The maximum atomic E-state index is 11.6. The van der Waals surface area contributed by atoms with E-state index in [0.29, 0.717) is 17.1 Å². The summed E-state index contributed by atoms with van der Waals surface area (Å²) < 4.78 is 0. The molecule has 0 fully saturated rings. The number of rotatable bonds is 4. The predicted molar refractivity (Wildman–Crippen MR) is 85.0 cm³/mol. The van der Waals surface area contributed by atoms with Gasteiger partial charge in [0.25, 0.3) is 5.91 Å². The molecular weight excluding hydrogens is 288 g/mol. The molecule has 0 atom stereocenters. The van der Waals surface area contributed by atoms with Crippen LogP contribution >= 0.6 is 11.6 Å². The standard InChI is InChI=1S/C16H17ClN2O2/c1-10-8-11(16(21)18-2)6-7-14(10)19-9-12-4-3-5-13(17)15(12)20/h3-8,19-20H,9H2,1-2H3,(H,18,21). The molecule has 0 saturated carbocycles. The van der Waals surface area contributed by atoms with E-state index in [-0.39, 0.29) is 11.7 Å². The Morgan fingerprint density at radius 2 is 2.05 bits per heavy atom. The summed E-state index contributed by atoms with van der Waals surface area (Å²) in [7, 11) is 1.60. The second kappa shape index (κ2) is 6.50. The van der Waals surface area contributed by atoms with Crippen molar-refractivity contribution in [3.05, 3.63) is 58.1 Å². The highest BCUT2D eigenvalue weighted by atomic mass is 35.5.